The summed E-state index contributed by atoms with van der Waals surface area (Å²) >= 11 is 3.03. The normalized spacial score (nSPS) is 11.3. The summed E-state index contributed by atoms with van der Waals surface area (Å²) in [6, 6.07) is 11.9. The van der Waals surface area contributed by atoms with E-state index in [2.05, 4.69) is 20.7 Å². The molecule has 2 aromatic carbocycles. The van der Waals surface area contributed by atoms with Crippen LogP contribution in [-0.4, -0.2) is 6.36 Å². The van der Waals surface area contributed by atoms with Crippen LogP contribution in [0.4, 0.5) is 13.2 Å². The molecule has 0 atom stereocenters. The molecular weight excluding hydrogens is 349 g/mol. The Labute approximate surface area is 128 Å². The lowest BCUT2D eigenvalue weighted by molar-refractivity contribution is -0.274. The third-order valence-corrected chi connectivity index (χ3v) is 3.27. The molecule has 0 aromatic heterocycles. The van der Waals surface area contributed by atoms with Crippen molar-refractivity contribution in [1.82, 2.24) is 0 Å². The third kappa shape index (κ3) is 4.97. The minimum atomic E-state index is -4.72. The van der Waals surface area contributed by atoms with Gasteiger partial charge in [-0.3, -0.25) is 0 Å². The quantitative estimate of drug-likeness (QED) is 0.742. The lowest BCUT2D eigenvalue weighted by Gasteiger charge is -2.12. The number of aryl methyl sites for hydroxylation is 1. The Balaban J connectivity index is 2.01. The van der Waals surface area contributed by atoms with E-state index in [0.717, 1.165) is 11.1 Å². The van der Waals surface area contributed by atoms with Crippen LogP contribution in [0.25, 0.3) is 0 Å². The zero-order valence-electron chi connectivity index (χ0n) is 11.1. The molecule has 0 aliphatic carbocycles. The summed E-state index contributed by atoms with van der Waals surface area (Å²) in [5, 5.41) is 0. The predicted octanol–water partition coefficient (Wildman–Crippen LogP) is 5.24. The van der Waals surface area contributed by atoms with Gasteiger partial charge in [-0.15, -0.1) is 13.2 Å². The van der Waals surface area contributed by atoms with Gasteiger partial charge < -0.3 is 9.47 Å². The summed E-state index contributed by atoms with van der Waals surface area (Å²) in [5.41, 5.74) is 2.13. The van der Waals surface area contributed by atoms with Crippen molar-refractivity contribution in [3.63, 3.8) is 0 Å². The maximum absolute atomic E-state index is 12.1. The summed E-state index contributed by atoms with van der Waals surface area (Å²) < 4.78 is 46.0. The van der Waals surface area contributed by atoms with E-state index in [0.29, 0.717) is 12.4 Å². The Kier molecular flexibility index (Phi) is 4.77. The largest absolute Gasteiger partial charge is 0.573 e. The number of halogens is 4. The molecule has 0 aliphatic heterocycles. The van der Waals surface area contributed by atoms with Crippen LogP contribution in [0.1, 0.15) is 11.1 Å². The third-order valence-electron chi connectivity index (χ3n) is 2.66. The van der Waals surface area contributed by atoms with Crippen LogP contribution in [-0.2, 0) is 6.61 Å². The Morgan fingerprint density at radius 2 is 1.71 bits per heavy atom. The molecule has 0 bridgehead atoms. The van der Waals surface area contributed by atoms with Crippen LogP contribution in [0.15, 0.2) is 46.9 Å². The smallest absolute Gasteiger partial charge is 0.489 e. The van der Waals surface area contributed by atoms with Crippen LogP contribution >= 0.6 is 15.9 Å². The summed E-state index contributed by atoms with van der Waals surface area (Å²) in [6.07, 6.45) is -4.72. The van der Waals surface area contributed by atoms with E-state index in [1.807, 2.05) is 31.2 Å². The van der Waals surface area contributed by atoms with Crippen molar-refractivity contribution >= 4 is 15.9 Å². The summed E-state index contributed by atoms with van der Waals surface area (Å²) in [7, 11) is 0. The molecule has 0 spiro atoms. The first-order chi connectivity index (χ1) is 9.83. The molecule has 112 valence electrons. The lowest BCUT2D eigenvalue weighted by atomic mass is 10.2. The molecule has 0 aliphatic rings. The highest BCUT2D eigenvalue weighted by Crippen LogP contribution is 2.33. The van der Waals surface area contributed by atoms with Crippen molar-refractivity contribution in [3.8, 4) is 11.5 Å². The molecule has 2 nitrogen and oxygen atoms in total. The number of hydrogen-bond acceptors (Lipinski definition) is 2. The predicted molar refractivity (Wildman–Crippen MR) is 76.3 cm³/mol. The summed E-state index contributed by atoms with van der Waals surface area (Å²) in [5.74, 6) is 0.155. The Morgan fingerprint density at radius 1 is 1.05 bits per heavy atom. The van der Waals surface area contributed by atoms with Gasteiger partial charge in [0.05, 0.1) is 4.47 Å². The Morgan fingerprint density at radius 3 is 2.29 bits per heavy atom. The standard InChI is InChI=1S/C15H12BrF3O2/c1-10-2-4-11(5-3-10)9-20-12-6-7-14(13(16)8-12)21-15(17,18)19/h2-8H,9H2,1H3. The molecule has 2 rings (SSSR count). The zero-order chi connectivity index (χ0) is 15.5. The van der Waals surface area contributed by atoms with Gasteiger partial charge in [0, 0.05) is 0 Å². The summed E-state index contributed by atoms with van der Waals surface area (Å²) in [6.45, 7) is 2.33. The molecule has 0 heterocycles. The molecule has 0 amide bonds. The van der Waals surface area contributed by atoms with Crippen LogP contribution in [0, 0.1) is 6.92 Å². The van der Waals surface area contributed by atoms with Gasteiger partial charge in [0.25, 0.3) is 0 Å². The highest BCUT2D eigenvalue weighted by molar-refractivity contribution is 9.10. The van der Waals surface area contributed by atoms with Gasteiger partial charge in [0.1, 0.15) is 18.1 Å². The van der Waals surface area contributed by atoms with Crippen LogP contribution in [0.2, 0.25) is 0 Å². The van der Waals surface area contributed by atoms with E-state index in [9.17, 15) is 13.2 Å². The first kappa shape index (κ1) is 15.7. The van der Waals surface area contributed by atoms with Crippen molar-refractivity contribution in [3.05, 3.63) is 58.1 Å². The molecule has 0 radical (unpaired) electrons. The monoisotopic (exact) mass is 360 g/mol. The first-order valence-corrected chi connectivity index (χ1v) is 6.86. The van der Waals surface area contributed by atoms with Gasteiger partial charge in [0.15, 0.2) is 0 Å². The average molecular weight is 361 g/mol. The lowest BCUT2D eigenvalue weighted by Crippen LogP contribution is -2.17. The molecule has 0 N–H and O–H groups in total. The van der Waals surface area contributed by atoms with Gasteiger partial charge >= 0.3 is 6.36 Å². The Bertz CT molecular complexity index is 609. The van der Waals surface area contributed by atoms with Gasteiger partial charge in [-0.2, -0.15) is 0 Å². The van der Waals surface area contributed by atoms with Crippen LogP contribution in [0.3, 0.4) is 0 Å². The van der Waals surface area contributed by atoms with Crippen LogP contribution in [0.5, 0.6) is 11.5 Å². The van der Waals surface area contributed by atoms with E-state index in [4.69, 9.17) is 4.74 Å². The fourth-order valence-electron chi connectivity index (χ4n) is 1.63. The highest BCUT2D eigenvalue weighted by Gasteiger charge is 2.31. The van der Waals surface area contributed by atoms with Crippen molar-refractivity contribution in [2.24, 2.45) is 0 Å². The molecule has 21 heavy (non-hydrogen) atoms. The van der Waals surface area contributed by atoms with Crippen molar-refractivity contribution in [1.29, 1.82) is 0 Å². The zero-order valence-corrected chi connectivity index (χ0v) is 12.7. The van der Waals surface area contributed by atoms with Crippen molar-refractivity contribution < 1.29 is 22.6 Å². The maximum atomic E-state index is 12.1. The number of benzene rings is 2. The van der Waals surface area contributed by atoms with E-state index >= 15 is 0 Å². The second-order valence-corrected chi connectivity index (χ2v) is 5.27. The minimum Gasteiger partial charge on any atom is -0.489 e. The average Bonchev–Trinajstić information content (AvgIpc) is 2.40. The van der Waals surface area contributed by atoms with Gasteiger partial charge in [-0.05, 0) is 46.6 Å². The number of rotatable bonds is 4. The fourth-order valence-corrected chi connectivity index (χ4v) is 2.07. The number of hydrogen-bond donors (Lipinski definition) is 0. The van der Waals surface area contributed by atoms with Gasteiger partial charge in [-0.1, -0.05) is 29.8 Å². The molecule has 2 aromatic rings. The molecule has 0 saturated heterocycles. The van der Waals surface area contributed by atoms with Gasteiger partial charge in [0.2, 0.25) is 0 Å². The fraction of sp³-hybridized carbons (Fsp3) is 0.200. The molecule has 0 saturated carbocycles. The first-order valence-electron chi connectivity index (χ1n) is 6.07. The molecule has 0 fully saturated rings. The van der Waals surface area contributed by atoms with E-state index < -0.39 is 6.36 Å². The summed E-state index contributed by atoms with van der Waals surface area (Å²) in [4.78, 5) is 0. The van der Waals surface area contributed by atoms with E-state index in [-0.39, 0.29) is 10.2 Å². The minimum absolute atomic E-state index is 0.182. The molecular formula is C15H12BrF3O2. The number of ether oxygens (including phenoxy) is 2. The van der Waals surface area contributed by atoms with E-state index in [1.165, 1.54) is 18.2 Å². The SMILES string of the molecule is Cc1ccc(COc2ccc(OC(F)(F)F)c(Br)c2)cc1. The van der Waals surface area contributed by atoms with Crippen LogP contribution < -0.4 is 9.47 Å². The molecule has 0 unspecified atom stereocenters. The topological polar surface area (TPSA) is 18.5 Å². The molecule has 6 heteroatoms. The maximum Gasteiger partial charge on any atom is 0.573 e. The Hall–Kier alpha value is -1.69. The van der Waals surface area contributed by atoms with Crippen molar-refractivity contribution in [2.75, 3.05) is 0 Å². The van der Waals surface area contributed by atoms with Crippen molar-refractivity contribution in [2.45, 2.75) is 19.9 Å². The second-order valence-electron chi connectivity index (χ2n) is 4.41. The van der Waals surface area contributed by atoms with Gasteiger partial charge in [-0.25, -0.2) is 0 Å². The highest BCUT2D eigenvalue weighted by atomic mass is 79.9. The van der Waals surface area contributed by atoms with E-state index in [1.54, 1.807) is 0 Å². The number of alkyl halides is 3. The second kappa shape index (κ2) is 6.39.